The molecule has 2 aromatic rings. The van der Waals surface area contributed by atoms with E-state index in [2.05, 4.69) is 14.9 Å². The van der Waals surface area contributed by atoms with Gasteiger partial charge in [-0.05, 0) is 18.2 Å². The van der Waals surface area contributed by atoms with E-state index in [1.165, 1.54) is 0 Å². The lowest BCUT2D eigenvalue weighted by Crippen LogP contribution is -2.50. The summed E-state index contributed by atoms with van der Waals surface area (Å²) in [6.45, 7) is 5.21. The van der Waals surface area contributed by atoms with E-state index in [1.807, 2.05) is 55.2 Å². The molecule has 0 N–H and O–H groups in total. The average Bonchev–Trinajstić information content (AvgIpc) is 2.97. The highest BCUT2D eigenvalue weighted by atomic mass is 32.2. The van der Waals surface area contributed by atoms with Gasteiger partial charge in [0.1, 0.15) is 5.69 Å². The number of benzene rings is 1. The number of aromatic nitrogens is 2. The second-order valence-electron chi connectivity index (χ2n) is 7.40. The molecule has 2 saturated heterocycles. The molecule has 7 heteroatoms. The first-order valence-corrected chi connectivity index (χ1v) is 11.2. The SMILES string of the molecule is Cn1nc(-c2ccccc2)cc1C(=O)N1CCCSC[C@@H]1CN1CCOCC1. The molecule has 28 heavy (non-hydrogen) atoms. The summed E-state index contributed by atoms with van der Waals surface area (Å²) in [4.78, 5) is 18.0. The van der Waals surface area contributed by atoms with Gasteiger partial charge >= 0.3 is 0 Å². The Morgan fingerprint density at radius 1 is 1.21 bits per heavy atom. The summed E-state index contributed by atoms with van der Waals surface area (Å²) in [6.07, 6.45) is 1.04. The van der Waals surface area contributed by atoms with Crippen molar-refractivity contribution in [3.8, 4) is 11.3 Å². The van der Waals surface area contributed by atoms with Crippen molar-refractivity contribution in [2.24, 2.45) is 7.05 Å². The lowest BCUT2D eigenvalue weighted by Gasteiger charge is -2.35. The molecule has 2 aliphatic heterocycles. The third-order valence-corrected chi connectivity index (χ3v) is 6.64. The Morgan fingerprint density at radius 3 is 2.79 bits per heavy atom. The van der Waals surface area contributed by atoms with Crippen LogP contribution in [0.3, 0.4) is 0 Å². The molecular weight excluding hydrogens is 372 g/mol. The highest BCUT2D eigenvalue weighted by Crippen LogP contribution is 2.23. The van der Waals surface area contributed by atoms with Crippen molar-refractivity contribution in [3.63, 3.8) is 0 Å². The maximum Gasteiger partial charge on any atom is 0.272 e. The number of hydrogen-bond acceptors (Lipinski definition) is 5. The normalized spacial score (nSPS) is 21.5. The van der Waals surface area contributed by atoms with E-state index in [-0.39, 0.29) is 11.9 Å². The van der Waals surface area contributed by atoms with E-state index in [0.29, 0.717) is 5.69 Å². The molecule has 2 aliphatic rings. The Bertz CT molecular complexity index is 789. The highest BCUT2D eigenvalue weighted by Gasteiger charge is 2.30. The van der Waals surface area contributed by atoms with Gasteiger partial charge in [0.25, 0.3) is 5.91 Å². The molecule has 6 nitrogen and oxygen atoms in total. The van der Waals surface area contributed by atoms with E-state index >= 15 is 0 Å². The molecule has 4 rings (SSSR count). The zero-order chi connectivity index (χ0) is 19.3. The summed E-state index contributed by atoms with van der Waals surface area (Å²) in [5.41, 5.74) is 2.55. The molecule has 1 amide bonds. The van der Waals surface area contributed by atoms with Crippen LogP contribution in [0.4, 0.5) is 0 Å². The summed E-state index contributed by atoms with van der Waals surface area (Å²) in [5.74, 6) is 2.20. The van der Waals surface area contributed by atoms with Crippen LogP contribution in [0.25, 0.3) is 11.3 Å². The van der Waals surface area contributed by atoms with Gasteiger partial charge in [-0.3, -0.25) is 14.4 Å². The molecule has 0 radical (unpaired) electrons. The maximum absolute atomic E-state index is 13.5. The Hall–Kier alpha value is -1.83. The van der Waals surface area contributed by atoms with Crippen molar-refractivity contribution in [2.75, 3.05) is 50.9 Å². The minimum absolute atomic E-state index is 0.0953. The zero-order valence-corrected chi connectivity index (χ0v) is 17.2. The molecule has 1 atom stereocenters. The van der Waals surface area contributed by atoms with Crippen molar-refractivity contribution in [3.05, 3.63) is 42.1 Å². The number of carbonyl (C=O) groups excluding carboxylic acids is 1. The summed E-state index contributed by atoms with van der Waals surface area (Å²) < 4.78 is 7.21. The first-order chi connectivity index (χ1) is 13.7. The predicted molar refractivity (Wildman–Crippen MR) is 113 cm³/mol. The van der Waals surface area contributed by atoms with Crippen molar-refractivity contribution in [1.82, 2.24) is 19.6 Å². The van der Waals surface area contributed by atoms with E-state index in [4.69, 9.17) is 4.74 Å². The lowest BCUT2D eigenvalue weighted by atomic mass is 10.1. The van der Waals surface area contributed by atoms with Gasteiger partial charge in [-0.2, -0.15) is 16.9 Å². The van der Waals surface area contributed by atoms with Gasteiger partial charge in [0.2, 0.25) is 0 Å². The third-order valence-electron chi connectivity index (χ3n) is 5.44. The van der Waals surface area contributed by atoms with Gasteiger partial charge in [-0.25, -0.2) is 0 Å². The minimum Gasteiger partial charge on any atom is -0.379 e. The van der Waals surface area contributed by atoms with Crippen LogP contribution in [-0.2, 0) is 11.8 Å². The molecular formula is C21H28N4O2S. The predicted octanol–water partition coefficient (Wildman–Crippen LogP) is 2.37. The summed E-state index contributed by atoms with van der Waals surface area (Å²) in [5, 5.41) is 4.60. The van der Waals surface area contributed by atoms with Crippen LogP contribution < -0.4 is 0 Å². The molecule has 0 saturated carbocycles. The number of rotatable bonds is 4. The van der Waals surface area contributed by atoms with Crippen LogP contribution in [0.15, 0.2) is 36.4 Å². The molecule has 0 bridgehead atoms. The Balaban J connectivity index is 1.54. The molecule has 150 valence electrons. The number of morpholine rings is 1. The fourth-order valence-electron chi connectivity index (χ4n) is 3.89. The number of nitrogens with zero attached hydrogens (tertiary/aromatic N) is 4. The fourth-order valence-corrected chi connectivity index (χ4v) is 4.95. The van der Waals surface area contributed by atoms with Gasteiger partial charge < -0.3 is 9.64 Å². The van der Waals surface area contributed by atoms with E-state index < -0.39 is 0 Å². The quantitative estimate of drug-likeness (QED) is 0.789. The number of thioether (sulfide) groups is 1. The highest BCUT2D eigenvalue weighted by molar-refractivity contribution is 7.99. The molecule has 1 aromatic carbocycles. The standard InChI is InChI=1S/C21H28N4O2S/c1-23-20(14-19(22-23)17-6-3-2-4-7-17)21(26)25-8-5-13-28-16-18(25)15-24-9-11-27-12-10-24/h2-4,6-7,14,18H,5,8-13,15-16H2,1H3/t18-/m0/s1. The van der Waals surface area contributed by atoms with Crippen LogP contribution in [0, 0.1) is 0 Å². The van der Waals surface area contributed by atoms with Crippen molar-refractivity contribution < 1.29 is 9.53 Å². The van der Waals surface area contributed by atoms with Gasteiger partial charge in [-0.1, -0.05) is 30.3 Å². The summed E-state index contributed by atoms with van der Waals surface area (Å²) >= 11 is 1.96. The van der Waals surface area contributed by atoms with Crippen molar-refractivity contribution in [1.29, 1.82) is 0 Å². The zero-order valence-electron chi connectivity index (χ0n) is 16.4. The van der Waals surface area contributed by atoms with Crippen LogP contribution in [0.1, 0.15) is 16.9 Å². The first-order valence-electron chi connectivity index (χ1n) is 10.0. The Kier molecular flexibility index (Phi) is 6.34. The van der Waals surface area contributed by atoms with Crippen LogP contribution in [-0.4, -0.2) is 82.4 Å². The van der Waals surface area contributed by atoms with Crippen molar-refractivity contribution >= 4 is 17.7 Å². The number of amides is 1. The summed E-state index contributed by atoms with van der Waals surface area (Å²) in [7, 11) is 1.86. The van der Waals surface area contributed by atoms with Crippen LogP contribution >= 0.6 is 11.8 Å². The van der Waals surface area contributed by atoms with Gasteiger partial charge in [0, 0.05) is 44.5 Å². The van der Waals surface area contributed by atoms with Gasteiger partial charge in [0.15, 0.2) is 0 Å². The number of carbonyl (C=O) groups is 1. The fraction of sp³-hybridized carbons (Fsp3) is 0.524. The Morgan fingerprint density at radius 2 is 2.00 bits per heavy atom. The second-order valence-corrected chi connectivity index (χ2v) is 8.55. The first kappa shape index (κ1) is 19.5. The molecule has 0 aliphatic carbocycles. The number of hydrogen-bond donors (Lipinski definition) is 0. The monoisotopic (exact) mass is 400 g/mol. The largest absolute Gasteiger partial charge is 0.379 e. The molecule has 1 aromatic heterocycles. The van der Waals surface area contributed by atoms with E-state index in [1.54, 1.807) is 4.68 Å². The number of aryl methyl sites for hydroxylation is 1. The average molecular weight is 401 g/mol. The van der Waals surface area contributed by atoms with Gasteiger partial charge in [-0.15, -0.1) is 0 Å². The molecule has 0 unspecified atom stereocenters. The lowest BCUT2D eigenvalue weighted by molar-refractivity contribution is 0.0243. The van der Waals surface area contributed by atoms with E-state index in [9.17, 15) is 4.79 Å². The van der Waals surface area contributed by atoms with Gasteiger partial charge in [0.05, 0.1) is 24.9 Å². The third kappa shape index (κ3) is 4.42. The summed E-state index contributed by atoms with van der Waals surface area (Å²) in [6, 6.07) is 12.2. The second kappa shape index (κ2) is 9.11. The smallest absolute Gasteiger partial charge is 0.272 e. The maximum atomic E-state index is 13.5. The molecule has 3 heterocycles. The topological polar surface area (TPSA) is 50.6 Å². The van der Waals surface area contributed by atoms with Crippen LogP contribution in [0.5, 0.6) is 0 Å². The van der Waals surface area contributed by atoms with Crippen molar-refractivity contribution in [2.45, 2.75) is 12.5 Å². The molecule has 2 fully saturated rings. The minimum atomic E-state index is 0.0953. The molecule has 0 spiro atoms. The van der Waals surface area contributed by atoms with Crippen LogP contribution in [0.2, 0.25) is 0 Å². The van der Waals surface area contributed by atoms with E-state index in [0.717, 1.165) is 68.6 Å². The number of ether oxygens (including phenoxy) is 1. The Labute approximate surface area is 170 Å².